The van der Waals surface area contributed by atoms with Crippen LogP contribution in [0.25, 0.3) is 0 Å². The summed E-state index contributed by atoms with van der Waals surface area (Å²) in [6.45, 7) is 1.55. The molecule has 0 saturated heterocycles. The summed E-state index contributed by atoms with van der Waals surface area (Å²) >= 11 is 0. The largest absolute Gasteiger partial charge is 0.493 e. The first kappa shape index (κ1) is 21.6. The number of nitrogens with zero attached hydrogens (tertiary/aromatic N) is 2. The minimum absolute atomic E-state index is 0.129. The first-order valence-corrected chi connectivity index (χ1v) is 8.56. The lowest BCUT2D eigenvalue weighted by atomic mass is 10.1. The number of benzene rings is 2. The summed E-state index contributed by atoms with van der Waals surface area (Å²) in [4.78, 5) is 36.6. The van der Waals surface area contributed by atoms with Crippen LogP contribution in [0.5, 0.6) is 11.5 Å². The van der Waals surface area contributed by atoms with Crippen LogP contribution in [0.4, 0.5) is 15.8 Å². The van der Waals surface area contributed by atoms with Gasteiger partial charge in [-0.25, -0.2) is 4.39 Å². The predicted octanol–water partition coefficient (Wildman–Crippen LogP) is 2.85. The first-order chi connectivity index (χ1) is 13.8. The number of methoxy groups -OCH3 is 1. The lowest BCUT2D eigenvalue weighted by Crippen LogP contribution is -2.35. The molecule has 0 aliphatic heterocycles. The fourth-order valence-corrected chi connectivity index (χ4v) is 2.56. The van der Waals surface area contributed by atoms with Crippen LogP contribution in [0.15, 0.2) is 36.4 Å². The molecule has 0 bridgehead atoms. The van der Waals surface area contributed by atoms with E-state index in [-0.39, 0.29) is 29.4 Å². The van der Waals surface area contributed by atoms with Crippen molar-refractivity contribution in [1.29, 1.82) is 0 Å². The molecule has 2 aromatic carbocycles. The van der Waals surface area contributed by atoms with Crippen LogP contribution < -0.4 is 14.8 Å². The number of carbonyl (C=O) groups excluding carboxylic acids is 2. The lowest BCUT2D eigenvalue weighted by molar-refractivity contribution is -0.385. The second kappa shape index (κ2) is 9.49. The number of likely N-dealkylation sites (N-methyl/N-ethyl adjacent to an activating group) is 1. The van der Waals surface area contributed by atoms with Gasteiger partial charge in [0.05, 0.1) is 31.3 Å². The smallest absolute Gasteiger partial charge is 0.286 e. The van der Waals surface area contributed by atoms with Crippen LogP contribution in [0.1, 0.15) is 17.3 Å². The highest BCUT2D eigenvalue weighted by Gasteiger charge is 2.27. The van der Waals surface area contributed by atoms with Gasteiger partial charge in [0, 0.05) is 18.8 Å². The zero-order chi connectivity index (χ0) is 21.6. The van der Waals surface area contributed by atoms with Crippen LogP contribution in [0, 0.1) is 15.9 Å². The predicted molar refractivity (Wildman–Crippen MR) is 103 cm³/mol. The van der Waals surface area contributed by atoms with Crippen molar-refractivity contribution in [2.24, 2.45) is 0 Å². The molecule has 0 radical (unpaired) electrons. The number of amides is 2. The van der Waals surface area contributed by atoms with E-state index in [9.17, 15) is 24.1 Å². The van der Waals surface area contributed by atoms with Crippen LogP contribution in [-0.4, -0.2) is 48.9 Å². The highest BCUT2D eigenvalue weighted by molar-refractivity contribution is 6.02. The van der Waals surface area contributed by atoms with Crippen molar-refractivity contribution in [2.75, 3.05) is 32.6 Å². The average Bonchev–Trinajstić information content (AvgIpc) is 2.67. The monoisotopic (exact) mass is 405 g/mol. The van der Waals surface area contributed by atoms with E-state index in [2.05, 4.69) is 5.32 Å². The van der Waals surface area contributed by atoms with Gasteiger partial charge in [-0.2, -0.15) is 0 Å². The van der Waals surface area contributed by atoms with E-state index in [1.165, 1.54) is 38.4 Å². The summed E-state index contributed by atoms with van der Waals surface area (Å²) in [5, 5.41) is 13.9. The Balaban J connectivity index is 2.23. The van der Waals surface area contributed by atoms with Gasteiger partial charge in [0.2, 0.25) is 5.91 Å². The summed E-state index contributed by atoms with van der Waals surface area (Å²) in [6.07, 6.45) is 0. The van der Waals surface area contributed by atoms with Crippen LogP contribution in [-0.2, 0) is 4.79 Å². The number of hydrogen-bond donors (Lipinski definition) is 1. The topological polar surface area (TPSA) is 111 Å². The molecule has 2 aromatic rings. The Bertz CT molecular complexity index is 934. The number of nitro benzene ring substituents is 1. The third-order valence-electron chi connectivity index (χ3n) is 3.84. The van der Waals surface area contributed by atoms with E-state index < -0.39 is 34.8 Å². The van der Waals surface area contributed by atoms with Gasteiger partial charge < -0.3 is 19.7 Å². The lowest BCUT2D eigenvalue weighted by Gasteiger charge is -2.18. The third kappa shape index (κ3) is 5.41. The summed E-state index contributed by atoms with van der Waals surface area (Å²) in [5.41, 5.74) is -0.502. The van der Waals surface area contributed by atoms with E-state index >= 15 is 0 Å². The second-order valence-corrected chi connectivity index (χ2v) is 5.93. The number of nitro groups is 1. The van der Waals surface area contributed by atoms with Gasteiger partial charge in [0.1, 0.15) is 11.4 Å². The summed E-state index contributed by atoms with van der Waals surface area (Å²) in [5.74, 6) is -1.59. The van der Waals surface area contributed by atoms with Crippen LogP contribution >= 0.6 is 0 Å². The minimum atomic E-state index is -0.757. The molecule has 0 fully saturated rings. The minimum Gasteiger partial charge on any atom is -0.493 e. The normalized spacial score (nSPS) is 10.2. The van der Waals surface area contributed by atoms with Gasteiger partial charge in [0.25, 0.3) is 11.6 Å². The Kier molecular flexibility index (Phi) is 7.07. The van der Waals surface area contributed by atoms with Gasteiger partial charge in [-0.3, -0.25) is 19.7 Å². The molecule has 10 heteroatoms. The first-order valence-electron chi connectivity index (χ1n) is 8.56. The second-order valence-electron chi connectivity index (χ2n) is 5.93. The molecule has 0 saturated carbocycles. The Labute approximate surface area is 166 Å². The fraction of sp³-hybridized carbons (Fsp3) is 0.263. The Morgan fingerprint density at radius 2 is 1.97 bits per heavy atom. The van der Waals surface area contributed by atoms with Crippen molar-refractivity contribution in [1.82, 2.24) is 4.90 Å². The molecule has 154 valence electrons. The van der Waals surface area contributed by atoms with Gasteiger partial charge in [0.15, 0.2) is 11.5 Å². The van der Waals surface area contributed by atoms with Gasteiger partial charge in [-0.1, -0.05) is 6.07 Å². The van der Waals surface area contributed by atoms with Crippen molar-refractivity contribution in [3.63, 3.8) is 0 Å². The maximum Gasteiger partial charge on any atom is 0.286 e. The number of anilines is 1. The Hall–Kier alpha value is -3.69. The number of nitrogens with one attached hydrogen (secondary N) is 1. The van der Waals surface area contributed by atoms with E-state index in [1.54, 1.807) is 6.92 Å². The summed E-state index contributed by atoms with van der Waals surface area (Å²) in [7, 11) is 2.66. The molecule has 0 unspecified atom stereocenters. The zero-order valence-electron chi connectivity index (χ0n) is 16.1. The highest BCUT2D eigenvalue weighted by atomic mass is 19.1. The van der Waals surface area contributed by atoms with Crippen molar-refractivity contribution in [3.8, 4) is 11.5 Å². The van der Waals surface area contributed by atoms with E-state index in [0.29, 0.717) is 0 Å². The Morgan fingerprint density at radius 3 is 2.55 bits per heavy atom. The number of ether oxygens (including phenoxy) is 2. The molecule has 0 spiro atoms. The van der Waals surface area contributed by atoms with Crippen molar-refractivity contribution >= 4 is 23.2 Å². The molecule has 9 nitrogen and oxygen atoms in total. The van der Waals surface area contributed by atoms with Crippen molar-refractivity contribution in [3.05, 3.63) is 57.9 Å². The Morgan fingerprint density at radius 1 is 1.24 bits per heavy atom. The van der Waals surface area contributed by atoms with E-state index in [4.69, 9.17) is 9.47 Å². The molecular formula is C19H20FN3O6. The van der Waals surface area contributed by atoms with Crippen molar-refractivity contribution < 1.29 is 28.4 Å². The molecule has 0 heterocycles. The molecule has 0 aliphatic carbocycles. The molecule has 0 aromatic heterocycles. The third-order valence-corrected chi connectivity index (χ3v) is 3.84. The van der Waals surface area contributed by atoms with E-state index in [0.717, 1.165) is 17.0 Å². The van der Waals surface area contributed by atoms with Crippen LogP contribution in [0.3, 0.4) is 0 Å². The zero-order valence-corrected chi connectivity index (χ0v) is 16.1. The van der Waals surface area contributed by atoms with Gasteiger partial charge >= 0.3 is 0 Å². The average molecular weight is 405 g/mol. The molecule has 0 aliphatic rings. The number of halogens is 1. The molecule has 2 rings (SSSR count). The van der Waals surface area contributed by atoms with Crippen molar-refractivity contribution in [2.45, 2.75) is 6.92 Å². The quantitative estimate of drug-likeness (QED) is 0.534. The molecule has 2 amide bonds. The highest BCUT2D eigenvalue weighted by Crippen LogP contribution is 2.35. The molecular weight excluding hydrogens is 385 g/mol. The van der Waals surface area contributed by atoms with E-state index in [1.807, 2.05) is 0 Å². The van der Waals surface area contributed by atoms with Gasteiger partial charge in [-0.15, -0.1) is 0 Å². The van der Waals surface area contributed by atoms with Crippen LogP contribution in [0.2, 0.25) is 0 Å². The maximum absolute atomic E-state index is 13.2. The van der Waals surface area contributed by atoms with Gasteiger partial charge in [-0.05, 0) is 25.1 Å². The maximum atomic E-state index is 13.2. The SMILES string of the molecule is CCOc1cc([N+](=O)[O-])c(C(=O)N(C)CC(=O)Nc2cccc(F)c2)cc1OC. The number of rotatable bonds is 8. The number of hydrogen-bond acceptors (Lipinski definition) is 6. The molecule has 29 heavy (non-hydrogen) atoms. The molecule has 1 N–H and O–H groups in total. The number of carbonyl (C=O) groups is 2. The molecule has 0 atom stereocenters. The summed E-state index contributed by atoms with van der Waals surface area (Å²) in [6, 6.07) is 7.58. The fourth-order valence-electron chi connectivity index (χ4n) is 2.56. The standard InChI is InChI=1S/C19H20FN3O6/c1-4-29-17-10-15(23(26)27)14(9-16(17)28-3)19(25)22(2)11-18(24)21-13-7-5-6-12(20)8-13/h5-10H,4,11H2,1-3H3,(H,21,24). The summed E-state index contributed by atoms with van der Waals surface area (Å²) < 4.78 is 23.7.